The predicted molar refractivity (Wildman–Crippen MR) is 279 cm³/mol. The fourth-order valence-corrected chi connectivity index (χ4v) is 7.65. The number of ether oxygens (including phenoxy) is 3. The first-order valence-electron chi connectivity index (χ1n) is 27.5. The normalized spacial score (nSPS) is 12.7. The van der Waals surface area contributed by atoms with Crippen LogP contribution in [0.5, 0.6) is 0 Å². The lowest BCUT2D eigenvalue weighted by Gasteiger charge is -2.18. The minimum atomic E-state index is -0.555. The van der Waals surface area contributed by atoms with Crippen molar-refractivity contribution in [2.75, 3.05) is 19.8 Å². The number of carbonyl (C=O) groups excluding carboxylic acids is 2. The van der Waals surface area contributed by atoms with Gasteiger partial charge in [0.15, 0.2) is 6.10 Å². The Morgan fingerprint density at radius 3 is 1.16 bits per heavy atom. The van der Waals surface area contributed by atoms with Gasteiger partial charge in [-0.3, -0.25) is 9.59 Å². The van der Waals surface area contributed by atoms with Crippen LogP contribution in [0.25, 0.3) is 0 Å². The molecule has 5 nitrogen and oxygen atoms in total. The van der Waals surface area contributed by atoms with E-state index in [4.69, 9.17) is 14.2 Å². The SMILES string of the molecule is CC/C=C\C/C=C\C/C=C\CCCCCCCC(=O)O[C@H](COCCCCCCCCCCCCCCCCCC)COC(=O)CCCCCC/C=C\C/C=C\C/C=C\CCCCC. The molecule has 0 aromatic rings. The Labute approximate surface area is 397 Å². The Morgan fingerprint density at radius 1 is 0.359 bits per heavy atom. The summed E-state index contributed by atoms with van der Waals surface area (Å²) in [6.45, 7) is 7.68. The summed E-state index contributed by atoms with van der Waals surface area (Å²) in [6.07, 6.45) is 70.5. The van der Waals surface area contributed by atoms with Crippen molar-refractivity contribution < 1.29 is 23.8 Å². The van der Waals surface area contributed by atoms with E-state index in [0.717, 1.165) is 103 Å². The van der Waals surface area contributed by atoms with Gasteiger partial charge in [-0.05, 0) is 89.9 Å². The van der Waals surface area contributed by atoms with Crippen LogP contribution in [0.1, 0.15) is 265 Å². The summed E-state index contributed by atoms with van der Waals surface area (Å²) in [5.41, 5.74) is 0. The quantitative estimate of drug-likeness (QED) is 0.0346. The van der Waals surface area contributed by atoms with Gasteiger partial charge in [0.25, 0.3) is 0 Å². The zero-order chi connectivity index (χ0) is 46.3. The molecule has 0 aliphatic carbocycles. The van der Waals surface area contributed by atoms with E-state index in [9.17, 15) is 9.59 Å². The van der Waals surface area contributed by atoms with Gasteiger partial charge < -0.3 is 14.2 Å². The van der Waals surface area contributed by atoms with Crippen LogP contribution < -0.4 is 0 Å². The van der Waals surface area contributed by atoms with Gasteiger partial charge in [-0.2, -0.15) is 0 Å². The Bertz CT molecular complexity index is 1150. The molecule has 0 heterocycles. The van der Waals surface area contributed by atoms with Crippen molar-refractivity contribution in [3.8, 4) is 0 Å². The lowest BCUT2D eigenvalue weighted by Crippen LogP contribution is -2.30. The van der Waals surface area contributed by atoms with Crippen LogP contribution in [0, 0.1) is 0 Å². The first-order chi connectivity index (χ1) is 31.6. The minimum Gasteiger partial charge on any atom is -0.462 e. The molecule has 0 radical (unpaired) electrons. The molecule has 1 atom stereocenters. The van der Waals surface area contributed by atoms with Crippen LogP contribution in [-0.4, -0.2) is 37.9 Å². The second-order valence-electron chi connectivity index (χ2n) is 18.1. The number of hydrogen-bond acceptors (Lipinski definition) is 5. The number of allylic oxidation sites excluding steroid dienone is 12. The monoisotopic (exact) mass is 893 g/mol. The number of unbranched alkanes of at least 4 members (excludes halogenated alkanes) is 27. The van der Waals surface area contributed by atoms with Crippen molar-refractivity contribution in [1.82, 2.24) is 0 Å². The molecule has 5 heteroatoms. The van der Waals surface area contributed by atoms with Gasteiger partial charge in [0.05, 0.1) is 6.61 Å². The molecule has 0 fully saturated rings. The highest BCUT2D eigenvalue weighted by atomic mass is 16.6. The van der Waals surface area contributed by atoms with Gasteiger partial charge in [0.1, 0.15) is 6.61 Å². The second kappa shape index (κ2) is 54.7. The largest absolute Gasteiger partial charge is 0.462 e. The van der Waals surface area contributed by atoms with E-state index in [0.29, 0.717) is 19.4 Å². The molecule has 0 saturated heterocycles. The molecule has 0 spiro atoms. The molecule has 0 saturated carbocycles. The van der Waals surface area contributed by atoms with Crippen LogP contribution in [0.2, 0.25) is 0 Å². The summed E-state index contributed by atoms with van der Waals surface area (Å²) < 4.78 is 17.4. The van der Waals surface area contributed by atoms with Gasteiger partial charge in [-0.15, -0.1) is 0 Å². The Hall–Kier alpha value is -2.66. The van der Waals surface area contributed by atoms with Crippen LogP contribution in [0.4, 0.5) is 0 Å². The van der Waals surface area contributed by atoms with Gasteiger partial charge in [-0.1, -0.05) is 235 Å². The molecule has 0 unspecified atom stereocenters. The molecule has 0 amide bonds. The molecule has 370 valence electrons. The average Bonchev–Trinajstić information content (AvgIpc) is 3.30. The molecule has 0 bridgehead atoms. The van der Waals surface area contributed by atoms with Crippen molar-refractivity contribution in [2.45, 2.75) is 271 Å². The number of hydrogen-bond donors (Lipinski definition) is 0. The van der Waals surface area contributed by atoms with Crippen LogP contribution in [-0.2, 0) is 23.8 Å². The van der Waals surface area contributed by atoms with E-state index >= 15 is 0 Å². The lowest BCUT2D eigenvalue weighted by atomic mass is 10.0. The zero-order valence-corrected chi connectivity index (χ0v) is 42.5. The van der Waals surface area contributed by atoms with Crippen molar-refractivity contribution in [2.24, 2.45) is 0 Å². The van der Waals surface area contributed by atoms with E-state index in [-0.39, 0.29) is 25.2 Å². The van der Waals surface area contributed by atoms with Crippen molar-refractivity contribution >= 4 is 11.9 Å². The third-order valence-electron chi connectivity index (χ3n) is 11.7. The van der Waals surface area contributed by atoms with E-state index < -0.39 is 6.10 Å². The fourth-order valence-electron chi connectivity index (χ4n) is 7.65. The second-order valence-corrected chi connectivity index (χ2v) is 18.1. The summed E-state index contributed by atoms with van der Waals surface area (Å²) in [4.78, 5) is 25.5. The maximum atomic E-state index is 12.8. The Morgan fingerprint density at radius 2 is 0.703 bits per heavy atom. The van der Waals surface area contributed by atoms with Gasteiger partial charge in [0, 0.05) is 19.4 Å². The summed E-state index contributed by atoms with van der Waals surface area (Å²) in [5, 5.41) is 0. The topological polar surface area (TPSA) is 61.8 Å². The van der Waals surface area contributed by atoms with Crippen LogP contribution >= 0.6 is 0 Å². The lowest BCUT2D eigenvalue weighted by molar-refractivity contribution is -0.163. The summed E-state index contributed by atoms with van der Waals surface area (Å²) in [6, 6.07) is 0. The summed E-state index contributed by atoms with van der Waals surface area (Å²) in [7, 11) is 0. The first kappa shape index (κ1) is 61.3. The third-order valence-corrected chi connectivity index (χ3v) is 11.7. The number of esters is 2. The summed E-state index contributed by atoms with van der Waals surface area (Å²) >= 11 is 0. The van der Waals surface area contributed by atoms with E-state index in [1.54, 1.807) is 0 Å². The Kier molecular flexibility index (Phi) is 52.4. The standard InChI is InChI=1S/C59H104O5/c1-4-7-10-13-16-19-22-25-28-30-32-34-37-40-43-46-49-52-58(60)63-56-57(55-62-54-51-48-45-42-39-36-33-29-26-23-20-17-14-11-8-5-2)64-59(61)53-50-47-44-41-38-35-31-27-24-21-18-15-12-9-6-3/h9,12,16,18-19,21,25,27-28,31-32,34,57H,4-8,10-11,13-15,17,20,22-24,26,29-30,33,35-56H2,1-3H3/b12-9-,19-16-,21-18-,28-25-,31-27-,34-32-/t57-/m1/s1. The smallest absolute Gasteiger partial charge is 0.306 e. The molecular weight excluding hydrogens is 789 g/mol. The van der Waals surface area contributed by atoms with Crippen molar-refractivity contribution in [3.05, 3.63) is 72.9 Å². The number of rotatable bonds is 50. The number of carbonyl (C=O) groups is 2. The average molecular weight is 893 g/mol. The zero-order valence-electron chi connectivity index (χ0n) is 42.5. The molecule has 0 N–H and O–H groups in total. The summed E-state index contributed by atoms with van der Waals surface area (Å²) in [5.74, 6) is -0.434. The van der Waals surface area contributed by atoms with E-state index in [2.05, 4.69) is 93.7 Å². The van der Waals surface area contributed by atoms with E-state index in [1.807, 2.05) is 0 Å². The molecular formula is C59H104O5. The Balaban J connectivity index is 4.33. The van der Waals surface area contributed by atoms with Gasteiger partial charge >= 0.3 is 11.9 Å². The van der Waals surface area contributed by atoms with Crippen LogP contribution in [0.15, 0.2) is 72.9 Å². The first-order valence-corrected chi connectivity index (χ1v) is 27.5. The molecule has 64 heavy (non-hydrogen) atoms. The van der Waals surface area contributed by atoms with Gasteiger partial charge in [0.2, 0.25) is 0 Å². The fraction of sp³-hybridized carbons (Fsp3) is 0.763. The third kappa shape index (κ3) is 52.0. The van der Waals surface area contributed by atoms with Crippen molar-refractivity contribution in [3.63, 3.8) is 0 Å². The highest BCUT2D eigenvalue weighted by Gasteiger charge is 2.17. The highest BCUT2D eigenvalue weighted by molar-refractivity contribution is 5.70. The van der Waals surface area contributed by atoms with Gasteiger partial charge in [-0.25, -0.2) is 0 Å². The molecule has 0 aromatic heterocycles. The maximum absolute atomic E-state index is 12.8. The molecule has 0 aromatic carbocycles. The van der Waals surface area contributed by atoms with Crippen molar-refractivity contribution in [1.29, 1.82) is 0 Å². The molecule has 0 rings (SSSR count). The minimum absolute atomic E-state index is 0.0667. The maximum Gasteiger partial charge on any atom is 0.306 e. The molecule has 0 aliphatic heterocycles. The predicted octanol–water partition coefficient (Wildman–Crippen LogP) is 18.7. The van der Waals surface area contributed by atoms with Crippen LogP contribution in [0.3, 0.4) is 0 Å². The highest BCUT2D eigenvalue weighted by Crippen LogP contribution is 2.15. The molecule has 0 aliphatic rings. The van der Waals surface area contributed by atoms with E-state index in [1.165, 1.54) is 128 Å².